The molecule has 0 atom stereocenters. The molecule has 0 bridgehead atoms. The maximum absolute atomic E-state index is 11.1. The molecule has 0 radical (unpaired) electrons. The number of nitrogens with zero attached hydrogens (tertiary/aromatic N) is 1. The van der Waals surface area contributed by atoms with Gasteiger partial charge in [-0.25, -0.2) is 4.98 Å². The van der Waals surface area contributed by atoms with Crippen LogP contribution in [0.1, 0.15) is 13.8 Å². The molecule has 0 saturated carbocycles. The first-order valence-corrected chi connectivity index (χ1v) is 11.1. The summed E-state index contributed by atoms with van der Waals surface area (Å²) >= 11 is 1.81. The number of amides is 1. The summed E-state index contributed by atoms with van der Waals surface area (Å²) in [6, 6.07) is 17.7. The Kier molecular flexibility index (Phi) is 7.78. The van der Waals surface area contributed by atoms with Gasteiger partial charge < -0.3 is 20.5 Å². The Balaban J connectivity index is 1.96. The van der Waals surface area contributed by atoms with E-state index in [-0.39, 0.29) is 11.7 Å². The van der Waals surface area contributed by atoms with Crippen molar-refractivity contribution in [2.24, 2.45) is 0 Å². The largest absolute Gasteiger partial charge is 0.504 e. The van der Waals surface area contributed by atoms with Gasteiger partial charge in [0.1, 0.15) is 5.82 Å². The van der Waals surface area contributed by atoms with E-state index < -0.39 is 0 Å². The zero-order chi connectivity index (χ0) is 22.2. The number of methoxy groups -OCH3 is 1. The molecular weight excluding hydrogens is 410 g/mol. The number of aromatic hydroxyl groups is 1. The van der Waals surface area contributed by atoms with Crippen LogP contribution in [0.3, 0.4) is 0 Å². The Hall–Kier alpha value is -3.19. The highest BCUT2D eigenvalue weighted by Crippen LogP contribution is 2.34. The second kappa shape index (κ2) is 10.7. The van der Waals surface area contributed by atoms with E-state index in [1.165, 1.54) is 18.9 Å². The number of thioether (sulfide) groups is 1. The Morgan fingerprint density at radius 2 is 1.77 bits per heavy atom. The molecule has 0 spiro atoms. The molecule has 7 heteroatoms. The molecule has 1 amide bonds. The Bertz CT molecular complexity index is 1040. The molecule has 3 aromatic rings. The Labute approximate surface area is 187 Å². The summed E-state index contributed by atoms with van der Waals surface area (Å²) in [5, 5.41) is 16.0. The molecule has 0 aliphatic carbocycles. The van der Waals surface area contributed by atoms with Crippen molar-refractivity contribution in [1.29, 1.82) is 0 Å². The van der Waals surface area contributed by atoms with Crippen molar-refractivity contribution >= 4 is 23.5 Å². The molecule has 1 aromatic heterocycles. The van der Waals surface area contributed by atoms with Crippen LogP contribution in [0.15, 0.2) is 59.5 Å². The average molecular weight is 438 g/mol. The zero-order valence-corrected chi connectivity index (χ0v) is 18.8. The number of benzene rings is 2. The van der Waals surface area contributed by atoms with E-state index >= 15 is 0 Å². The summed E-state index contributed by atoms with van der Waals surface area (Å²) in [7, 11) is 1.52. The number of rotatable bonds is 9. The molecule has 3 rings (SSSR count). The highest BCUT2D eigenvalue weighted by atomic mass is 32.2. The van der Waals surface area contributed by atoms with Crippen LogP contribution in [0.5, 0.6) is 11.5 Å². The van der Waals surface area contributed by atoms with Crippen LogP contribution in [-0.4, -0.2) is 41.9 Å². The number of carbonyl (C=O) groups excluding carboxylic acids is 1. The molecule has 1 heterocycles. The third kappa shape index (κ3) is 6.15. The van der Waals surface area contributed by atoms with Crippen LogP contribution in [0.2, 0.25) is 0 Å². The minimum atomic E-state index is -0.0644. The van der Waals surface area contributed by atoms with Gasteiger partial charge in [0.25, 0.3) is 0 Å². The van der Waals surface area contributed by atoms with Crippen molar-refractivity contribution in [2.45, 2.75) is 18.7 Å². The molecule has 6 nitrogen and oxygen atoms in total. The van der Waals surface area contributed by atoms with E-state index in [4.69, 9.17) is 9.72 Å². The van der Waals surface area contributed by atoms with Crippen molar-refractivity contribution in [3.05, 3.63) is 54.6 Å². The first-order valence-electron chi connectivity index (χ1n) is 10.1. The second-order valence-corrected chi connectivity index (χ2v) is 8.22. The van der Waals surface area contributed by atoms with Gasteiger partial charge in [0.15, 0.2) is 11.5 Å². The normalized spacial score (nSPS) is 10.5. The second-order valence-electron chi connectivity index (χ2n) is 6.88. The summed E-state index contributed by atoms with van der Waals surface area (Å²) in [4.78, 5) is 17.1. The number of phenols is 1. The van der Waals surface area contributed by atoms with Gasteiger partial charge in [0.05, 0.1) is 12.8 Å². The SMILES string of the molecule is CCSc1ccc(-c2cc(NCCNC(C)=O)nc(-c3ccc(O)c(OC)c3)c2)cc1. The van der Waals surface area contributed by atoms with E-state index in [0.717, 1.165) is 28.1 Å². The fraction of sp³-hybridized carbons (Fsp3) is 0.250. The first-order chi connectivity index (χ1) is 15.0. The lowest BCUT2D eigenvalue weighted by Crippen LogP contribution is -2.26. The summed E-state index contributed by atoms with van der Waals surface area (Å²) < 4.78 is 5.25. The predicted molar refractivity (Wildman–Crippen MR) is 127 cm³/mol. The van der Waals surface area contributed by atoms with Crippen molar-refractivity contribution in [3.8, 4) is 33.9 Å². The Morgan fingerprint density at radius 3 is 2.45 bits per heavy atom. The van der Waals surface area contributed by atoms with Gasteiger partial charge in [-0.1, -0.05) is 19.1 Å². The third-order valence-corrected chi connectivity index (χ3v) is 5.50. The van der Waals surface area contributed by atoms with Crippen LogP contribution in [0, 0.1) is 0 Å². The number of ether oxygens (including phenoxy) is 1. The molecular formula is C24H27N3O3S. The molecule has 31 heavy (non-hydrogen) atoms. The standard InChI is InChI=1S/C24H27N3O3S/c1-4-31-20-8-5-17(6-9-20)19-13-21(18-7-10-22(29)23(14-18)30-3)27-24(15-19)26-12-11-25-16(2)28/h5-10,13-15,29H,4,11-12H2,1-3H3,(H,25,28)(H,26,27). The van der Waals surface area contributed by atoms with Crippen LogP contribution in [0.25, 0.3) is 22.4 Å². The maximum atomic E-state index is 11.1. The number of hydrogen-bond acceptors (Lipinski definition) is 6. The predicted octanol–water partition coefficient (Wildman–Crippen LogP) is 4.79. The van der Waals surface area contributed by atoms with Gasteiger partial charge in [-0.3, -0.25) is 4.79 Å². The van der Waals surface area contributed by atoms with Crippen LogP contribution in [-0.2, 0) is 4.79 Å². The number of nitrogens with one attached hydrogen (secondary N) is 2. The van der Waals surface area contributed by atoms with E-state index in [9.17, 15) is 9.90 Å². The van der Waals surface area contributed by atoms with Gasteiger partial charge in [-0.2, -0.15) is 0 Å². The number of phenolic OH excluding ortho intramolecular Hbond substituents is 1. The van der Waals surface area contributed by atoms with Gasteiger partial charge in [-0.15, -0.1) is 11.8 Å². The van der Waals surface area contributed by atoms with E-state index in [2.05, 4.69) is 41.8 Å². The smallest absolute Gasteiger partial charge is 0.216 e. The number of hydrogen-bond donors (Lipinski definition) is 3. The van der Waals surface area contributed by atoms with E-state index in [1.54, 1.807) is 23.9 Å². The van der Waals surface area contributed by atoms with Gasteiger partial charge in [0.2, 0.25) is 5.91 Å². The summed E-state index contributed by atoms with van der Waals surface area (Å²) in [6.45, 7) is 4.70. The molecule has 2 aromatic carbocycles. The lowest BCUT2D eigenvalue weighted by molar-refractivity contribution is -0.118. The monoisotopic (exact) mass is 437 g/mol. The number of aromatic nitrogens is 1. The number of pyridine rings is 1. The maximum Gasteiger partial charge on any atom is 0.216 e. The van der Waals surface area contributed by atoms with Crippen LogP contribution < -0.4 is 15.4 Å². The molecule has 0 aliphatic heterocycles. The minimum Gasteiger partial charge on any atom is -0.504 e. The fourth-order valence-corrected chi connectivity index (χ4v) is 3.77. The Morgan fingerprint density at radius 1 is 1.03 bits per heavy atom. The highest BCUT2D eigenvalue weighted by molar-refractivity contribution is 7.99. The van der Waals surface area contributed by atoms with E-state index in [0.29, 0.717) is 24.7 Å². The van der Waals surface area contributed by atoms with E-state index in [1.807, 2.05) is 18.2 Å². The lowest BCUT2D eigenvalue weighted by Gasteiger charge is -2.13. The van der Waals surface area contributed by atoms with Crippen molar-refractivity contribution < 1.29 is 14.6 Å². The summed E-state index contributed by atoms with van der Waals surface area (Å²) in [5.74, 6) is 2.15. The molecule has 162 valence electrons. The average Bonchev–Trinajstić information content (AvgIpc) is 2.77. The van der Waals surface area contributed by atoms with Gasteiger partial charge >= 0.3 is 0 Å². The topological polar surface area (TPSA) is 83.5 Å². The summed E-state index contributed by atoms with van der Waals surface area (Å²) in [6.07, 6.45) is 0. The zero-order valence-electron chi connectivity index (χ0n) is 17.9. The molecule has 0 saturated heterocycles. The molecule has 0 unspecified atom stereocenters. The number of carbonyl (C=O) groups is 1. The quantitative estimate of drug-likeness (QED) is 0.330. The van der Waals surface area contributed by atoms with Crippen LogP contribution in [0.4, 0.5) is 5.82 Å². The van der Waals surface area contributed by atoms with Crippen LogP contribution >= 0.6 is 11.8 Å². The van der Waals surface area contributed by atoms with Crippen molar-refractivity contribution in [2.75, 3.05) is 31.3 Å². The summed E-state index contributed by atoms with van der Waals surface area (Å²) in [5.41, 5.74) is 3.69. The third-order valence-electron chi connectivity index (χ3n) is 4.60. The van der Waals surface area contributed by atoms with Gasteiger partial charge in [0, 0.05) is 30.5 Å². The molecule has 3 N–H and O–H groups in total. The molecule has 0 fully saturated rings. The minimum absolute atomic E-state index is 0.0644. The van der Waals surface area contributed by atoms with Crippen molar-refractivity contribution in [1.82, 2.24) is 10.3 Å². The number of anilines is 1. The molecule has 0 aliphatic rings. The fourth-order valence-electron chi connectivity index (χ4n) is 3.11. The van der Waals surface area contributed by atoms with Crippen molar-refractivity contribution in [3.63, 3.8) is 0 Å². The highest BCUT2D eigenvalue weighted by Gasteiger charge is 2.10. The first kappa shape index (κ1) is 22.5. The van der Waals surface area contributed by atoms with Gasteiger partial charge in [-0.05, 0) is 59.3 Å². The lowest BCUT2D eigenvalue weighted by atomic mass is 10.0.